The van der Waals surface area contributed by atoms with Gasteiger partial charge in [0, 0.05) is 25.1 Å². The Morgan fingerprint density at radius 1 is 1.06 bits per heavy atom. The minimum Gasteiger partial charge on any atom is -0.338 e. The van der Waals surface area contributed by atoms with Crippen LogP contribution in [0, 0.1) is 0 Å². The largest absolute Gasteiger partial charge is 0.340 e. The van der Waals surface area contributed by atoms with Gasteiger partial charge >= 0.3 is 5.69 Å². The first-order chi connectivity index (χ1) is 15.6. The van der Waals surface area contributed by atoms with Gasteiger partial charge in [0.05, 0.1) is 11.5 Å². The first kappa shape index (κ1) is 20.2. The maximum absolute atomic E-state index is 13.3. The highest BCUT2D eigenvalue weighted by Crippen LogP contribution is 2.49. The average Bonchev–Trinajstić information content (AvgIpc) is 3.48. The fourth-order valence-corrected chi connectivity index (χ4v) is 5.24. The zero-order valence-corrected chi connectivity index (χ0v) is 17.6. The lowest BCUT2D eigenvalue weighted by atomic mass is 9.73. The predicted octanol–water partition coefficient (Wildman–Crippen LogP) is 2.15. The molecule has 0 aliphatic carbocycles. The summed E-state index contributed by atoms with van der Waals surface area (Å²) in [7, 11) is 0. The first-order valence-corrected chi connectivity index (χ1v) is 11.0. The summed E-state index contributed by atoms with van der Waals surface area (Å²) >= 11 is 0. The van der Waals surface area contributed by atoms with Crippen molar-refractivity contribution < 1.29 is 9.59 Å². The maximum Gasteiger partial charge on any atom is 0.340 e. The van der Waals surface area contributed by atoms with Crippen LogP contribution in [0.25, 0.3) is 0 Å². The third-order valence-electron chi connectivity index (χ3n) is 6.75. The second kappa shape index (κ2) is 8.11. The second-order valence-electron chi connectivity index (χ2n) is 8.47. The van der Waals surface area contributed by atoms with E-state index in [-0.39, 0.29) is 30.0 Å². The van der Waals surface area contributed by atoms with Crippen LogP contribution in [-0.4, -0.2) is 44.5 Å². The number of carbonyl (C=O) groups excluding carboxylic acids is 2. The van der Waals surface area contributed by atoms with Crippen molar-refractivity contribution in [3.05, 3.63) is 82.0 Å². The SMILES string of the molecule is O=C(CCc1n[nH]c(=O)[nH]1)N1CC[C@@]2(C(=O)Nc3ccccc32)[C@@H]1CCc1ccccc1. The van der Waals surface area contributed by atoms with Gasteiger partial charge in [-0.05, 0) is 36.5 Å². The molecule has 8 heteroatoms. The van der Waals surface area contributed by atoms with E-state index in [2.05, 4.69) is 32.6 Å². The number of hydrogen-bond acceptors (Lipinski definition) is 4. The Hall–Kier alpha value is -3.68. The number of rotatable bonds is 6. The van der Waals surface area contributed by atoms with Crippen LogP contribution in [0.3, 0.4) is 0 Å². The van der Waals surface area contributed by atoms with E-state index in [1.54, 1.807) is 0 Å². The Kier molecular flexibility index (Phi) is 5.13. The lowest BCUT2D eigenvalue weighted by Gasteiger charge is -2.34. The van der Waals surface area contributed by atoms with Crippen molar-refractivity contribution in [1.29, 1.82) is 0 Å². The number of anilines is 1. The molecule has 2 aliphatic heterocycles. The lowest BCUT2D eigenvalue weighted by molar-refractivity contribution is -0.133. The highest BCUT2D eigenvalue weighted by molar-refractivity contribution is 6.07. The molecule has 0 bridgehead atoms. The van der Waals surface area contributed by atoms with E-state index in [4.69, 9.17) is 0 Å². The molecule has 1 saturated heterocycles. The summed E-state index contributed by atoms with van der Waals surface area (Å²) in [4.78, 5) is 42.3. The van der Waals surface area contributed by atoms with Gasteiger partial charge in [-0.1, -0.05) is 48.5 Å². The second-order valence-corrected chi connectivity index (χ2v) is 8.47. The van der Waals surface area contributed by atoms with Crippen molar-refractivity contribution >= 4 is 17.5 Å². The Labute approximate surface area is 185 Å². The van der Waals surface area contributed by atoms with E-state index < -0.39 is 5.41 Å². The molecular formula is C24H25N5O3. The Morgan fingerprint density at radius 2 is 1.84 bits per heavy atom. The van der Waals surface area contributed by atoms with Crippen LogP contribution < -0.4 is 11.0 Å². The number of carbonyl (C=O) groups is 2. The lowest BCUT2D eigenvalue weighted by Crippen LogP contribution is -2.49. The molecule has 32 heavy (non-hydrogen) atoms. The van der Waals surface area contributed by atoms with Gasteiger partial charge in [0.25, 0.3) is 0 Å². The fourth-order valence-electron chi connectivity index (χ4n) is 5.24. The minimum atomic E-state index is -0.734. The summed E-state index contributed by atoms with van der Waals surface area (Å²) in [6, 6.07) is 17.7. The summed E-state index contributed by atoms with van der Waals surface area (Å²) in [5.74, 6) is 0.409. The highest BCUT2D eigenvalue weighted by Gasteiger charge is 2.58. The number of nitrogens with zero attached hydrogens (tertiary/aromatic N) is 2. The standard InChI is InChI=1S/C24H25N5O3/c30-21(13-12-20-26-23(32)28-27-20)29-15-14-24(17-8-4-5-9-18(17)25-22(24)31)19(29)11-10-16-6-2-1-3-7-16/h1-9,19H,10-15H2,(H,25,31)(H2,26,27,28,32)/t19-,24-/m0/s1. The maximum atomic E-state index is 13.3. The molecule has 8 nitrogen and oxygen atoms in total. The van der Waals surface area contributed by atoms with Crippen LogP contribution in [0.15, 0.2) is 59.4 Å². The fraction of sp³-hybridized carbons (Fsp3) is 0.333. The van der Waals surface area contributed by atoms with E-state index >= 15 is 0 Å². The van der Waals surface area contributed by atoms with E-state index in [0.29, 0.717) is 31.6 Å². The first-order valence-electron chi connectivity index (χ1n) is 11.0. The number of H-pyrrole nitrogens is 2. The Morgan fingerprint density at radius 3 is 2.62 bits per heavy atom. The Balaban J connectivity index is 1.43. The molecule has 164 valence electrons. The summed E-state index contributed by atoms with van der Waals surface area (Å²) in [6.07, 6.45) is 2.63. The molecule has 2 amide bonds. The van der Waals surface area contributed by atoms with Crippen LogP contribution in [0.1, 0.15) is 36.2 Å². The van der Waals surface area contributed by atoms with E-state index in [1.807, 2.05) is 47.4 Å². The molecule has 1 fully saturated rings. The van der Waals surface area contributed by atoms with Crippen LogP contribution >= 0.6 is 0 Å². The molecule has 1 spiro atoms. The molecule has 3 N–H and O–H groups in total. The van der Waals surface area contributed by atoms with Gasteiger partial charge in [0.1, 0.15) is 5.82 Å². The van der Waals surface area contributed by atoms with E-state index in [1.165, 1.54) is 5.56 Å². The molecule has 0 radical (unpaired) electrons. The molecule has 3 heterocycles. The molecule has 3 aromatic rings. The number of fused-ring (bicyclic) bond motifs is 2. The average molecular weight is 431 g/mol. The van der Waals surface area contributed by atoms with Gasteiger partial charge in [-0.25, -0.2) is 9.89 Å². The van der Waals surface area contributed by atoms with Crippen molar-refractivity contribution in [2.24, 2.45) is 0 Å². The molecular weight excluding hydrogens is 406 g/mol. The normalized spacial score (nSPS) is 21.7. The number of aromatic nitrogens is 3. The molecule has 1 aromatic heterocycles. The molecule has 2 aliphatic rings. The molecule has 0 unspecified atom stereocenters. The van der Waals surface area contributed by atoms with Crippen LogP contribution in [0.2, 0.25) is 0 Å². The summed E-state index contributed by atoms with van der Waals surface area (Å²) in [6.45, 7) is 0.525. The monoisotopic (exact) mass is 431 g/mol. The predicted molar refractivity (Wildman–Crippen MR) is 119 cm³/mol. The number of nitrogens with one attached hydrogen (secondary N) is 3. The van der Waals surface area contributed by atoms with Crippen molar-refractivity contribution in [2.45, 2.75) is 43.6 Å². The summed E-state index contributed by atoms with van der Waals surface area (Å²) in [5.41, 5.74) is 1.89. The van der Waals surface area contributed by atoms with Crippen LogP contribution in [0.4, 0.5) is 5.69 Å². The van der Waals surface area contributed by atoms with Crippen molar-refractivity contribution in [1.82, 2.24) is 20.1 Å². The van der Waals surface area contributed by atoms with Gasteiger partial charge < -0.3 is 10.2 Å². The number of hydrogen-bond donors (Lipinski definition) is 3. The number of para-hydroxylation sites is 1. The highest BCUT2D eigenvalue weighted by atomic mass is 16.2. The van der Waals surface area contributed by atoms with Crippen LogP contribution in [0.5, 0.6) is 0 Å². The number of aromatic amines is 2. The molecule has 0 saturated carbocycles. The zero-order chi connectivity index (χ0) is 22.1. The van der Waals surface area contributed by atoms with E-state index in [0.717, 1.165) is 17.7 Å². The molecule has 2 atom stereocenters. The van der Waals surface area contributed by atoms with Crippen molar-refractivity contribution in [3.63, 3.8) is 0 Å². The van der Waals surface area contributed by atoms with Crippen LogP contribution in [-0.2, 0) is 27.8 Å². The smallest absolute Gasteiger partial charge is 0.338 e. The van der Waals surface area contributed by atoms with Gasteiger partial charge in [-0.3, -0.25) is 14.6 Å². The third-order valence-corrected chi connectivity index (χ3v) is 6.75. The summed E-state index contributed by atoms with van der Waals surface area (Å²) < 4.78 is 0. The number of benzene rings is 2. The van der Waals surface area contributed by atoms with Gasteiger partial charge in [0.2, 0.25) is 11.8 Å². The Bertz CT molecular complexity index is 1200. The van der Waals surface area contributed by atoms with E-state index in [9.17, 15) is 14.4 Å². The van der Waals surface area contributed by atoms with Crippen molar-refractivity contribution in [2.75, 3.05) is 11.9 Å². The third kappa shape index (κ3) is 3.41. The topological polar surface area (TPSA) is 111 Å². The number of likely N-dealkylation sites (tertiary alicyclic amines) is 1. The number of amides is 2. The van der Waals surface area contributed by atoms with Gasteiger partial charge in [-0.2, -0.15) is 5.10 Å². The summed E-state index contributed by atoms with van der Waals surface area (Å²) in [5, 5.41) is 9.27. The number of aryl methyl sites for hydroxylation is 2. The molecule has 2 aromatic carbocycles. The minimum absolute atomic E-state index is 0.0244. The molecule has 5 rings (SSSR count). The van der Waals surface area contributed by atoms with Gasteiger partial charge in [-0.15, -0.1) is 0 Å². The van der Waals surface area contributed by atoms with Crippen molar-refractivity contribution in [3.8, 4) is 0 Å². The quantitative estimate of drug-likeness (QED) is 0.555. The zero-order valence-electron chi connectivity index (χ0n) is 17.6. The van der Waals surface area contributed by atoms with Gasteiger partial charge in [0.15, 0.2) is 0 Å².